The monoisotopic (exact) mass is 488 g/mol. The fourth-order valence-corrected chi connectivity index (χ4v) is 4.27. The Morgan fingerprint density at radius 3 is 2.24 bits per heavy atom. The highest BCUT2D eigenvalue weighted by molar-refractivity contribution is 7.98. The highest BCUT2D eigenvalue weighted by Crippen LogP contribution is 2.44. The minimum absolute atomic E-state index is 0.106. The van der Waals surface area contributed by atoms with Crippen LogP contribution in [0.1, 0.15) is 23.5 Å². The van der Waals surface area contributed by atoms with Gasteiger partial charge in [0.25, 0.3) is 5.91 Å². The number of hydrogen-bond acceptors (Lipinski definition) is 7. The van der Waals surface area contributed by atoms with Crippen molar-refractivity contribution in [1.82, 2.24) is 10.8 Å². The van der Waals surface area contributed by atoms with Gasteiger partial charge in [0, 0.05) is 13.0 Å². The number of nitrogens with one attached hydrogen (secondary N) is 2. The van der Waals surface area contributed by atoms with Crippen LogP contribution in [-0.2, 0) is 23.9 Å². The van der Waals surface area contributed by atoms with E-state index in [4.69, 9.17) is 19.4 Å². The van der Waals surface area contributed by atoms with Crippen LogP contribution in [0.4, 0.5) is 4.79 Å². The number of hydrogen-bond donors (Lipinski definition) is 3. The van der Waals surface area contributed by atoms with Gasteiger partial charge in [0.15, 0.2) is 0 Å². The first-order valence-electron chi connectivity index (χ1n) is 10.7. The molecule has 1 aliphatic rings. The molecular weight excluding hydrogens is 460 g/mol. The topological polar surface area (TPSA) is 123 Å². The van der Waals surface area contributed by atoms with Crippen molar-refractivity contribution in [1.29, 1.82) is 0 Å². The fraction of sp³-hybridized carbons (Fsp3) is 0.375. The van der Waals surface area contributed by atoms with Gasteiger partial charge in [-0.05, 0) is 40.7 Å². The number of alkyl carbamates (subject to hydrolysis) is 1. The summed E-state index contributed by atoms with van der Waals surface area (Å²) >= 11 is 1.50. The van der Waals surface area contributed by atoms with E-state index in [9.17, 15) is 14.4 Å². The lowest BCUT2D eigenvalue weighted by atomic mass is 9.98. The molecule has 0 saturated carbocycles. The molecular formula is C24H28N2O7S. The predicted molar refractivity (Wildman–Crippen MR) is 128 cm³/mol. The number of amides is 2. The van der Waals surface area contributed by atoms with Gasteiger partial charge in [-0.1, -0.05) is 48.5 Å². The number of hydroxylamine groups is 1. The van der Waals surface area contributed by atoms with Crippen LogP contribution in [-0.4, -0.2) is 67.6 Å². The molecule has 0 aromatic heterocycles. The van der Waals surface area contributed by atoms with E-state index < -0.39 is 30.1 Å². The van der Waals surface area contributed by atoms with E-state index in [2.05, 4.69) is 10.8 Å². The Hall–Kier alpha value is -3.08. The molecule has 2 aromatic rings. The van der Waals surface area contributed by atoms with E-state index in [1.807, 2.05) is 54.8 Å². The number of carbonyl (C=O) groups excluding carboxylic acids is 2. The summed E-state index contributed by atoms with van der Waals surface area (Å²) in [5.41, 5.74) is 6.51. The summed E-state index contributed by atoms with van der Waals surface area (Å²) in [6, 6.07) is 15.0. The van der Waals surface area contributed by atoms with Crippen LogP contribution < -0.4 is 10.8 Å². The minimum atomic E-state index is -1.37. The number of carbonyl (C=O) groups is 3. The normalized spacial score (nSPS) is 13.9. The molecule has 2 unspecified atom stereocenters. The zero-order valence-corrected chi connectivity index (χ0v) is 19.8. The molecule has 9 nitrogen and oxygen atoms in total. The van der Waals surface area contributed by atoms with Crippen LogP contribution >= 0.6 is 11.8 Å². The van der Waals surface area contributed by atoms with Crippen molar-refractivity contribution in [3.05, 3.63) is 59.7 Å². The lowest BCUT2D eigenvalue weighted by Crippen LogP contribution is -2.49. The van der Waals surface area contributed by atoms with Crippen LogP contribution in [0.25, 0.3) is 11.1 Å². The molecule has 2 aromatic carbocycles. The maximum atomic E-state index is 12.6. The van der Waals surface area contributed by atoms with Gasteiger partial charge in [0.1, 0.15) is 12.6 Å². The number of carboxylic acid groups (broad SMARTS) is 1. The second-order valence-corrected chi connectivity index (χ2v) is 8.66. The van der Waals surface area contributed by atoms with E-state index in [1.165, 1.54) is 18.9 Å². The Bertz CT molecular complexity index is 971. The zero-order valence-electron chi connectivity index (χ0n) is 19.0. The lowest BCUT2D eigenvalue weighted by molar-refractivity contribution is -0.165. The third-order valence-electron chi connectivity index (χ3n) is 5.46. The van der Waals surface area contributed by atoms with Crippen molar-refractivity contribution in [2.75, 3.05) is 32.3 Å². The lowest BCUT2D eigenvalue weighted by Gasteiger charge is -2.20. The SMILES string of the molecule is COCC(ONC(=O)C(CCSC)NC(=O)OCC1c2ccccc2-c2ccccc21)C(=O)O. The number of aliphatic carboxylic acids is 1. The van der Waals surface area contributed by atoms with Crippen molar-refractivity contribution in [3.8, 4) is 11.1 Å². The van der Waals surface area contributed by atoms with Crippen LogP contribution in [0.5, 0.6) is 0 Å². The first-order chi connectivity index (χ1) is 16.5. The van der Waals surface area contributed by atoms with Crippen LogP contribution in [0.3, 0.4) is 0 Å². The van der Waals surface area contributed by atoms with Gasteiger partial charge in [0.2, 0.25) is 6.10 Å². The van der Waals surface area contributed by atoms with E-state index in [1.54, 1.807) is 0 Å². The molecule has 0 spiro atoms. The highest BCUT2D eigenvalue weighted by Gasteiger charge is 2.30. The molecule has 3 N–H and O–H groups in total. The molecule has 182 valence electrons. The van der Waals surface area contributed by atoms with Gasteiger partial charge < -0.3 is 19.9 Å². The van der Waals surface area contributed by atoms with Gasteiger partial charge >= 0.3 is 12.1 Å². The molecule has 0 radical (unpaired) electrons. The highest BCUT2D eigenvalue weighted by atomic mass is 32.2. The van der Waals surface area contributed by atoms with Crippen LogP contribution in [0.15, 0.2) is 48.5 Å². The maximum Gasteiger partial charge on any atom is 0.407 e. The van der Waals surface area contributed by atoms with Crippen molar-refractivity contribution >= 4 is 29.7 Å². The van der Waals surface area contributed by atoms with E-state index in [0.717, 1.165) is 22.3 Å². The van der Waals surface area contributed by atoms with E-state index >= 15 is 0 Å². The van der Waals surface area contributed by atoms with Crippen LogP contribution in [0, 0.1) is 0 Å². The van der Waals surface area contributed by atoms with E-state index in [0.29, 0.717) is 12.2 Å². The second-order valence-electron chi connectivity index (χ2n) is 7.67. The second kappa shape index (κ2) is 12.4. The fourth-order valence-electron chi connectivity index (χ4n) is 3.79. The van der Waals surface area contributed by atoms with Gasteiger partial charge in [0.05, 0.1) is 6.61 Å². The number of methoxy groups -OCH3 is 1. The maximum absolute atomic E-state index is 12.6. The van der Waals surface area contributed by atoms with Crippen molar-refractivity contribution in [2.24, 2.45) is 0 Å². The first-order valence-corrected chi connectivity index (χ1v) is 12.1. The molecule has 0 aliphatic heterocycles. The summed E-state index contributed by atoms with van der Waals surface area (Å²) in [6.45, 7) is -0.132. The average Bonchev–Trinajstić information content (AvgIpc) is 3.16. The van der Waals surface area contributed by atoms with Crippen LogP contribution in [0.2, 0.25) is 0 Å². The Morgan fingerprint density at radius 1 is 1.06 bits per heavy atom. The average molecular weight is 489 g/mol. The summed E-state index contributed by atoms with van der Waals surface area (Å²) in [5, 5.41) is 11.7. The Balaban J connectivity index is 1.61. The Kier molecular flexibility index (Phi) is 9.32. The first kappa shape index (κ1) is 25.5. The Labute approximate surface area is 202 Å². The number of benzene rings is 2. The number of carboxylic acids is 1. The number of rotatable bonds is 12. The van der Waals surface area contributed by atoms with Crippen molar-refractivity contribution in [2.45, 2.75) is 24.5 Å². The number of fused-ring (bicyclic) bond motifs is 3. The molecule has 1 aliphatic carbocycles. The summed E-state index contributed by atoms with van der Waals surface area (Å²) in [4.78, 5) is 41.2. The number of ether oxygens (including phenoxy) is 2. The van der Waals surface area contributed by atoms with Gasteiger partial charge in [-0.2, -0.15) is 11.8 Å². The van der Waals surface area contributed by atoms with Gasteiger partial charge in [-0.15, -0.1) is 0 Å². The largest absolute Gasteiger partial charge is 0.479 e. The molecule has 0 saturated heterocycles. The van der Waals surface area contributed by atoms with Crippen molar-refractivity contribution < 1.29 is 33.8 Å². The molecule has 2 amide bonds. The predicted octanol–water partition coefficient (Wildman–Crippen LogP) is 2.79. The van der Waals surface area contributed by atoms with Gasteiger partial charge in [-0.25, -0.2) is 15.1 Å². The molecule has 34 heavy (non-hydrogen) atoms. The molecule has 2 atom stereocenters. The Morgan fingerprint density at radius 2 is 1.68 bits per heavy atom. The smallest absolute Gasteiger partial charge is 0.407 e. The summed E-state index contributed by atoms with van der Waals surface area (Å²) in [7, 11) is 1.32. The summed E-state index contributed by atoms with van der Waals surface area (Å²) in [6.07, 6.45) is 0.0693. The minimum Gasteiger partial charge on any atom is -0.479 e. The van der Waals surface area contributed by atoms with Gasteiger partial charge in [-0.3, -0.25) is 9.63 Å². The quantitative estimate of drug-likeness (QED) is 0.390. The third-order valence-corrected chi connectivity index (χ3v) is 6.10. The zero-order chi connectivity index (χ0) is 24.5. The third kappa shape index (κ3) is 6.28. The number of thioether (sulfide) groups is 1. The molecule has 3 rings (SSSR count). The molecule has 0 heterocycles. The van der Waals surface area contributed by atoms with Crippen molar-refractivity contribution in [3.63, 3.8) is 0 Å². The summed E-state index contributed by atoms with van der Waals surface area (Å²) < 4.78 is 10.3. The van der Waals surface area contributed by atoms with E-state index in [-0.39, 0.29) is 19.1 Å². The molecule has 0 bridgehead atoms. The summed E-state index contributed by atoms with van der Waals surface area (Å²) in [5.74, 6) is -1.48. The standard InChI is InChI=1S/C24H28N2O7S/c1-31-14-21(23(28)29)33-26-22(27)20(11-12-34-2)25-24(30)32-13-19-17-9-5-3-7-15(17)16-8-4-6-10-18(16)19/h3-10,19-21H,11-14H2,1-2H3,(H,25,30)(H,26,27)(H,28,29). The molecule has 10 heteroatoms. The molecule has 0 fully saturated rings.